The van der Waals surface area contributed by atoms with E-state index >= 15 is 0 Å². The van der Waals surface area contributed by atoms with Crippen molar-refractivity contribution in [2.24, 2.45) is 5.92 Å². The number of aromatic nitrogens is 1. The predicted molar refractivity (Wildman–Crippen MR) is 67.8 cm³/mol. The van der Waals surface area contributed by atoms with Crippen LogP contribution in [0.25, 0.3) is 0 Å². The third kappa shape index (κ3) is 2.03. The third-order valence-electron chi connectivity index (χ3n) is 4.00. The maximum Gasteiger partial charge on any atom is 0.0960 e. The predicted octanol–water partition coefficient (Wildman–Crippen LogP) is 3.47. The first-order valence-corrected chi connectivity index (χ1v) is 7.39. The van der Waals surface area contributed by atoms with Gasteiger partial charge in [0.2, 0.25) is 0 Å². The van der Waals surface area contributed by atoms with Gasteiger partial charge in [0.05, 0.1) is 16.7 Å². The van der Waals surface area contributed by atoms with Crippen molar-refractivity contribution in [3.05, 3.63) is 16.1 Å². The Morgan fingerprint density at radius 2 is 2.31 bits per heavy atom. The normalized spacial score (nSPS) is 34.7. The van der Waals surface area contributed by atoms with E-state index in [1.54, 1.807) is 0 Å². The van der Waals surface area contributed by atoms with Gasteiger partial charge < -0.3 is 5.32 Å². The highest BCUT2D eigenvalue weighted by atomic mass is 32.1. The largest absolute Gasteiger partial charge is 0.309 e. The van der Waals surface area contributed by atoms with Crippen molar-refractivity contribution < 1.29 is 0 Å². The van der Waals surface area contributed by atoms with Gasteiger partial charge in [0.15, 0.2) is 0 Å². The monoisotopic (exact) mass is 236 g/mol. The highest BCUT2D eigenvalue weighted by Gasteiger charge is 2.26. The van der Waals surface area contributed by atoms with Crippen LogP contribution in [-0.2, 0) is 0 Å². The average Bonchev–Trinajstić information content (AvgIpc) is 2.97. The quantitative estimate of drug-likeness (QED) is 0.850. The summed E-state index contributed by atoms with van der Waals surface area (Å²) >= 11 is 1.88. The number of hydrogen-bond acceptors (Lipinski definition) is 3. The van der Waals surface area contributed by atoms with Crippen LogP contribution < -0.4 is 5.32 Å². The summed E-state index contributed by atoms with van der Waals surface area (Å²) in [7, 11) is 0. The van der Waals surface area contributed by atoms with Gasteiger partial charge in [0, 0.05) is 11.3 Å². The summed E-state index contributed by atoms with van der Waals surface area (Å²) in [6.07, 6.45) is 6.67. The van der Waals surface area contributed by atoms with Crippen molar-refractivity contribution >= 4 is 11.3 Å². The number of thiazole rings is 1. The molecule has 3 rings (SSSR count). The van der Waals surface area contributed by atoms with E-state index in [0.29, 0.717) is 6.04 Å². The van der Waals surface area contributed by atoms with Crippen LogP contribution in [0.4, 0.5) is 0 Å². The zero-order chi connectivity index (χ0) is 11.0. The van der Waals surface area contributed by atoms with Crippen molar-refractivity contribution in [1.29, 1.82) is 0 Å². The second kappa shape index (κ2) is 4.46. The summed E-state index contributed by atoms with van der Waals surface area (Å²) < 4.78 is 0. The number of nitrogens with zero attached hydrogens (tertiary/aromatic N) is 1. The van der Waals surface area contributed by atoms with Crippen LogP contribution in [0.2, 0.25) is 0 Å². The summed E-state index contributed by atoms with van der Waals surface area (Å²) in [5.41, 5.74) is 1.30. The van der Waals surface area contributed by atoms with Crippen LogP contribution in [0, 0.1) is 5.92 Å². The van der Waals surface area contributed by atoms with Gasteiger partial charge in [-0.15, -0.1) is 11.3 Å². The fourth-order valence-electron chi connectivity index (χ4n) is 3.02. The first kappa shape index (κ1) is 10.7. The molecule has 2 aliphatic rings. The molecule has 1 aromatic rings. The molecule has 2 unspecified atom stereocenters. The molecule has 2 nitrogen and oxygen atoms in total. The maximum absolute atomic E-state index is 4.86. The minimum atomic E-state index is 0.545. The molecule has 1 saturated carbocycles. The molecule has 1 saturated heterocycles. The van der Waals surface area contributed by atoms with Crippen LogP contribution in [0.3, 0.4) is 0 Å². The molecule has 0 spiro atoms. The number of rotatable bonds is 2. The standard InChI is InChI=1S/C13H20N2S/c1-9-4-5-10(7-9)13-15-12(8-16-13)11-3-2-6-14-11/h8-11,14H,2-7H2,1H3/t9?,10?,11-/m0/s1. The van der Waals surface area contributed by atoms with Gasteiger partial charge in [-0.1, -0.05) is 13.3 Å². The van der Waals surface area contributed by atoms with Gasteiger partial charge in [-0.2, -0.15) is 0 Å². The highest BCUT2D eigenvalue weighted by molar-refractivity contribution is 7.09. The molecule has 88 valence electrons. The zero-order valence-corrected chi connectivity index (χ0v) is 10.7. The lowest BCUT2D eigenvalue weighted by atomic mass is 10.1. The molecule has 1 aromatic heterocycles. The first-order chi connectivity index (χ1) is 7.83. The van der Waals surface area contributed by atoms with Gasteiger partial charge in [0.1, 0.15) is 0 Å². The van der Waals surface area contributed by atoms with Gasteiger partial charge in [-0.25, -0.2) is 4.98 Å². The average molecular weight is 236 g/mol. The fourth-order valence-corrected chi connectivity index (χ4v) is 4.04. The summed E-state index contributed by atoms with van der Waals surface area (Å²) in [6.45, 7) is 3.53. The lowest BCUT2D eigenvalue weighted by Gasteiger charge is -2.07. The summed E-state index contributed by atoms with van der Waals surface area (Å²) in [5, 5.41) is 7.21. The molecule has 1 aliphatic carbocycles. The lowest BCUT2D eigenvalue weighted by molar-refractivity contribution is 0.591. The molecule has 2 fully saturated rings. The topological polar surface area (TPSA) is 24.9 Å². The lowest BCUT2D eigenvalue weighted by Crippen LogP contribution is -2.13. The zero-order valence-electron chi connectivity index (χ0n) is 9.91. The molecular formula is C13H20N2S. The van der Waals surface area contributed by atoms with Crippen molar-refractivity contribution in [2.45, 2.75) is 51.0 Å². The molecule has 1 N–H and O–H groups in total. The Hall–Kier alpha value is -0.410. The van der Waals surface area contributed by atoms with Crippen LogP contribution in [-0.4, -0.2) is 11.5 Å². The third-order valence-corrected chi connectivity index (χ3v) is 5.03. The molecule has 0 bridgehead atoms. The van der Waals surface area contributed by atoms with Gasteiger partial charge in [-0.3, -0.25) is 0 Å². The van der Waals surface area contributed by atoms with E-state index in [2.05, 4.69) is 17.6 Å². The molecule has 3 heteroatoms. The second-order valence-corrected chi connectivity index (χ2v) is 6.26. The first-order valence-electron chi connectivity index (χ1n) is 6.51. The van der Waals surface area contributed by atoms with E-state index in [4.69, 9.17) is 4.98 Å². The van der Waals surface area contributed by atoms with Crippen LogP contribution in [0.1, 0.15) is 61.7 Å². The molecule has 1 aliphatic heterocycles. The van der Waals surface area contributed by atoms with Gasteiger partial charge in [-0.05, 0) is 38.1 Å². The van der Waals surface area contributed by atoms with E-state index in [0.717, 1.165) is 18.4 Å². The molecule has 3 atom stereocenters. The van der Waals surface area contributed by atoms with Crippen molar-refractivity contribution in [2.75, 3.05) is 6.54 Å². The second-order valence-electron chi connectivity index (χ2n) is 5.37. The van der Waals surface area contributed by atoms with Gasteiger partial charge in [0.25, 0.3) is 0 Å². The molecule has 16 heavy (non-hydrogen) atoms. The SMILES string of the molecule is CC1CCC(c2nc([C@@H]3CCCN3)cs2)C1. The summed E-state index contributed by atoms with van der Waals surface area (Å²) in [6, 6.07) is 0.545. The molecule has 0 aromatic carbocycles. The number of nitrogens with one attached hydrogen (secondary N) is 1. The molecular weight excluding hydrogens is 216 g/mol. The highest BCUT2D eigenvalue weighted by Crippen LogP contribution is 2.39. The Morgan fingerprint density at radius 1 is 1.38 bits per heavy atom. The maximum atomic E-state index is 4.86. The Kier molecular flexibility index (Phi) is 2.99. The minimum absolute atomic E-state index is 0.545. The van der Waals surface area contributed by atoms with E-state index < -0.39 is 0 Å². The van der Waals surface area contributed by atoms with Gasteiger partial charge >= 0.3 is 0 Å². The molecule has 0 amide bonds. The fraction of sp³-hybridized carbons (Fsp3) is 0.769. The summed E-state index contributed by atoms with van der Waals surface area (Å²) in [4.78, 5) is 4.86. The van der Waals surface area contributed by atoms with E-state index in [9.17, 15) is 0 Å². The van der Waals surface area contributed by atoms with Crippen molar-refractivity contribution in [3.63, 3.8) is 0 Å². The van der Waals surface area contributed by atoms with Crippen molar-refractivity contribution in [1.82, 2.24) is 10.3 Å². The van der Waals surface area contributed by atoms with Crippen LogP contribution in [0.5, 0.6) is 0 Å². The van der Waals surface area contributed by atoms with E-state index in [-0.39, 0.29) is 0 Å². The van der Waals surface area contributed by atoms with Crippen molar-refractivity contribution in [3.8, 4) is 0 Å². The molecule has 0 radical (unpaired) electrons. The van der Waals surface area contributed by atoms with E-state index in [1.165, 1.54) is 42.8 Å². The number of hydrogen-bond donors (Lipinski definition) is 1. The van der Waals surface area contributed by atoms with E-state index in [1.807, 2.05) is 11.3 Å². The Bertz CT molecular complexity index is 355. The van der Waals surface area contributed by atoms with Crippen LogP contribution in [0.15, 0.2) is 5.38 Å². The molecule has 2 heterocycles. The van der Waals surface area contributed by atoms with Crippen LogP contribution >= 0.6 is 11.3 Å². The Balaban J connectivity index is 1.72. The smallest absolute Gasteiger partial charge is 0.0960 e. The Morgan fingerprint density at radius 3 is 3.00 bits per heavy atom. The summed E-state index contributed by atoms with van der Waals surface area (Å²) in [5.74, 6) is 1.66. The Labute approximate surface area is 101 Å². The minimum Gasteiger partial charge on any atom is -0.309 e.